The van der Waals surface area contributed by atoms with E-state index in [2.05, 4.69) is 29.8 Å². The van der Waals surface area contributed by atoms with Crippen molar-refractivity contribution in [1.29, 1.82) is 0 Å². The Balaban J connectivity index is 2.02. The van der Waals surface area contributed by atoms with Crippen LogP contribution in [0.15, 0.2) is 18.3 Å². The second-order valence-electron chi connectivity index (χ2n) is 5.13. The van der Waals surface area contributed by atoms with Gasteiger partial charge in [0.2, 0.25) is 0 Å². The van der Waals surface area contributed by atoms with Crippen molar-refractivity contribution < 1.29 is 8.42 Å². The first-order chi connectivity index (χ1) is 9.04. The highest BCUT2D eigenvalue weighted by atomic mass is 32.2. The molecule has 5 heteroatoms. The van der Waals surface area contributed by atoms with Gasteiger partial charge in [0.05, 0.1) is 17.2 Å². The first-order valence-corrected chi connectivity index (χ1v) is 8.74. The Kier molecular flexibility index (Phi) is 4.58. The quantitative estimate of drug-likeness (QED) is 0.824. The Morgan fingerprint density at radius 1 is 1.37 bits per heavy atom. The summed E-state index contributed by atoms with van der Waals surface area (Å²) in [5, 5.41) is 0. The Labute approximate surface area is 115 Å². The molecule has 4 nitrogen and oxygen atoms in total. The van der Waals surface area contributed by atoms with Gasteiger partial charge in [0.15, 0.2) is 9.84 Å². The zero-order valence-electron chi connectivity index (χ0n) is 11.7. The monoisotopic (exact) mass is 282 g/mol. The molecule has 0 radical (unpaired) electrons. The standard InChI is InChI=1S/C14H22N2O2S/c1-3-12-5-6-13(15-9-12)10-16(4-2)14-7-8-19(17,18)11-14/h5-6,9,14H,3-4,7-8,10-11H2,1-2H3. The van der Waals surface area contributed by atoms with Crippen LogP contribution in [0.25, 0.3) is 0 Å². The summed E-state index contributed by atoms with van der Waals surface area (Å²) < 4.78 is 23.1. The molecular weight excluding hydrogens is 260 g/mol. The molecule has 0 aromatic carbocycles. The molecule has 0 saturated carbocycles. The van der Waals surface area contributed by atoms with Crippen LogP contribution in [0.1, 0.15) is 31.5 Å². The van der Waals surface area contributed by atoms with Crippen LogP contribution in [0.4, 0.5) is 0 Å². The molecule has 0 spiro atoms. The van der Waals surface area contributed by atoms with Crippen molar-refractivity contribution >= 4 is 9.84 Å². The summed E-state index contributed by atoms with van der Waals surface area (Å²) in [6.45, 7) is 5.78. The molecule has 1 atom stereocenters. The molecule has 2 heterocycles. The summed E-state index contributed by atoms with van der Waals surface area (Å²) in [5.74, 6) is 0.629. The molecule has 0 N–H and O–H groups in total. The molecule has 0 bridgehead atoms. The predicted octanol–water partition coefficient (Wildman–Crippen LogP) is 1.65. The van der Waals surface area contributed by atoms with Crippen LogP contribution in [-0.4, -0.2) is 42.4 Å². The van der Waals surface area contributed by atoms with E-state index in [0.717, 1.165) is 31.6 Å². The van der Waals surface area contributed by atoms with Gasteiger partial charge >= 0.3 is 0 Å². The summed E-state index contributed by atoms with van der Waals surface area (Å²) in [5.41, 5.74) is 2.25. The van der Waals surface area contributed by atoms with E-state index in [1.165, 1.54) is 5.56 Å². The van der Waals surface area contributed by atoms with E-state index >= 15 is 0 Å². The Morgan fingerprint density at radius 2 is 2.16 bits per heavy atom. The number of hydrogen-bond donors (Lipinski definition) is 0. The third-order valence-corrected chi connectivity index (χ3v) is 5.54. The Morgan fingerprint density at radius 3 is 2.63 bits per heavy atom. The van der Waals surface area contributed by atoms with Crippen LogP contribution in [0, 0.1) is 0 Å². The van der Waals surface area contributed by atoms with Crippen LogP contribution in [0.5, 0.6) is 0 Å². The summed E-state index contributed by atoms with van der Waals surface area (Å²) in [6, 6.07) is 4.30. The molecule has 19 heavy (non-hydrogen) atoms. The van der Waals surface area contributed by atoms with Crippen molar-refractivity contribution in [2.45, 2.75) is 39.3 Å². The molecule has 1 aromatic rings. The average molecular weight is 282 g/mol. The maximum atomic E-state index is 11.6. The smallest absolute Gasteiger partial charge is 0.151 e. The van der Waals surface area contributed by atoms with Gasteiger partial charge in [-0.25, -0.2) is 8.42 Å². The lowest BCUT2D eigenvalue weighted by Crippen LogP contribution is -2.35. The lowest BCUT2D eigenvalue weighted by molar-refractivity contribution is 0.212. The van der Waals surface area contributed by atoms with Crippen molar-refractivity contribution in [3.63, 3.8) is 0 Å². The van der Waals surface area contributed by atoms with E-state index in [0.29, 0.717) is 11.5 Å². The van der Waals surface area contributed by atoms with Crippen molar-refractivity contribution in [1.82, 2.24) is 9.88 Å². The minimum atomic E-state index is -2.82. The van der Waals surface area contributed by atoms with Gasteiger partial charge in [-0.15, -0.1) is 0 Å². The van der Waals surface area contributed by atoms with Gasteiger partial charge in [0, 0.05) is 18.8 Å². The van der Waals surface area contributed by atoms with Crippen LogP contribution in [0.3, 0.4) is 0 Å². The van der Waals surface area contributed by atoms with Crippen LogP contribution >= 0.6 is 0 Å². The average Bonchev–Trinajstić information content (AvgIpc) is 2.77. The number of aromatic nitrogens is 1. The van der Waals surface area contributed by atoms with E-state index in [-0.39, 0.29) is 6.04 Å². The highest BCUT2D eigenvalue weighted by Gasteiger charge is 2.31. The third kappa shape index (κ3) is 3.76. The van der Waals surface area contributed by atoms with E-state index in [4.69, 9.17) is 0 Å². The fourth-order valence-corrected chi connectivity index (χ4v) is 4.29. The highest BCUT2D eigenvalue weighted by Crippen LogP contribution is 2.19. The second-order valence-corrected chi connectivity index (χ2v) is 7.36. The van der Waals surface area contributed by atoms with E-state index in [1.54, 1.807) is 0 Å². The summed E-state index contributed by atoms with van der Waals surface area (Å²) in [4.78, 5) is 6.67. The number of pyridine rings is 1. The van der Waals surface area contributed by atoms with Crippen LogP contribution in [0.2, 0.25) is 0 Å². The van der Waals surface area contributed by atoms with E-state index in [1.807, 2.05) is 12.3 Å². The van der Waals surface area contributed by atoms with Crippen molar-refractivity contribution in [2.75, 3.05) is 18.1 Å². The molecule has 0 aliphatic carbocycles. The predicted molar refractivity (Wildman–Crippen MR) is 76.8 cm³/mol. The normalized spacial score (nSPS) is 21.9. The maximum absolute atomic E-state index is 11.6. The molecule has 1 aromatic heterocycles. The lowest BCUT2D eigenvalue weighted by Gasteiger charge is -2.26. The molecule has 1 aliphatic heterocycles. The fourth-order valence-electron chi connectivity index (χ4n) is 2.53. The van der Waals surface area contributed by atoms with E-state index < -0.39 is 9.84 Å². The number of aryl methyl sites for hydroxylation is 1. The van der Waals surface area contributed by atoms with Gasteiger partial charge in [-0.2, -0.15) is 0 Å². The topological polar surface area (TPSA) is 50.3 Å². The van der Waals surface area contributed by atoms with Crippen LogP contribution < -0.4 is 0 Å². The highest BCUT2D eigenvalue weighted by molar-refractivity contribution is 7.91. The van der Waals surface area contributed by atoms with Gasteiger partial charge in [0.1, 0.15) is 0 Å². The molecule has 1 saturated heterocycles. The first kappa shape index (κ1) is 14.5. The SMILES string of the molecule is CCc1ccc(CN(CC)C2CCS(=O)(=O)C2)nc1. The molecule has 0 amide bonds. The summed E-state index contributed by atoms with van der Waals surface area (Å²) in [6.07, 6.45) is 3.66. The van der Waals surface area contributed by atoms with Gasteiger partial charge in [-0.05, 0) is 31.0 Å². The Bertz CT molecular complexity index is 511. The molecule has 1 fully saturated rings. The first-order valence-electron chi connectivity index (χ1n) is 6.92. The molecule has 106 valence electrons. The van der Waals surface area contributed by atoms with Gasteiger partial charge < -0.3 is 0 Å². The van der Waals surface area contributed by atoms with Gasteiger partial charge in [-0.3, -0.25) is 9.88 Å². The Hall–Kier alpha value is -0.940. The molecule has 1 aliphatic rings. The van der Waals surface area contributed by atoms with Crippen LogP contribution in [-0.2, 0) is 22.8 Å². The molecule has 1 unspecified atom stereocenters. The minimum Gasteiger partial charge on any atom is -0.294 e. The molecular formula is C14H22N2O2S. The fraction of sp³-hybridized carbons (Fsp3) is 0.643. The third-order valence-electron chi connectivity index (χ3n) is 3.79. The minimum absolute atomic E-state index is 0.155. The zero-order valence-corrected chi connectivity index (χ0v) is 12.5. The largest absolute Gasteiger partial charge is 0.294 e. The van der Waals surface area contributed by atoms with Crippen molar-refractivity contribution in [3.8, 4) is 0 Å². The van der Waals surface area contributed by atoms with Gasteiger partial charge in [0.25, 0.3) is 0 Å². The number of hydrogen-bond acceptors (Lipinski definition) is 4. The number of rotatable bonds is 5. The molecule has 2 rings (SSSR count). The summed E-state index contributed by atoms with van der Waals surface area (Å²) >= 11 is 0. The van der Waals surface area contributed by atoms with Gasteiger partial charge in [-0.1, -0.05) is 19.9 Å². The number of nitrogens with zero attached hydrogens (tertiary/aromatic N) is 2. The van der Waals surface area contributed by atoms with Crippen molar-refractivity contribution in [3.05, 3.63) is 29.6 Å². The zero-order chi connectivity index (χ0) is 13.9. The second kappa shape index (κ2) is 6.01. The number of sulfone groups is 1. The lowest BCUT2D eigenvalue weighted by atomic mass is 10.2. The van der Waals surface area contributed by atoms with E-state index in [9.17, 15) is 8.42 Å². The van der Waals surface area contributed by atoms with Crippen molar-refractivity contribution in [2.24, 2.45) is 0 Å². The maximum Gasteiger partial charge on any atom is 0.151 e. The summed E-state index contributed by atoms with van der Waals surface area (Å²) in [7, 11) is -2.82.